The van der Waals surface area contributed by atoms with Crippen LogP contribution in [-0.2, 0) is 15.8 Å². The first-order valence-electron chi connectivity index (χ1n) is 8.97. The molecule has 0 saturated heterocycles. The molecule has 0 aliphatic carbocycles. The topological polar surface area (TPSA) is 18.5 Å². The maximum Gasteiger partial charge on any atom is 0.192 e. The van der Waals surface area contributed by atoms with Gasteiger partial charge in [0.15, 0.2) is 8.32 Å². The van der Waals surface area contributed by atoms with Crippen molar-refractivity contribution in [3.8, 4) is 11.8 Å². The van der Waals surface area contributed by atoms with Gasteiger partial charge in [-0.3, -0.25) is 0 Å². The lowest BCUT2D eigenvalue weighted by Gasteiger charge is -2.38. The van der Waals surface area contributed by atoms with Crippen LogP contribution in [0.4, 0.5) is 0 Å². The zero-order valence-electron chi connectivity index (χ0n) is 16.3. The molecule has 0 aliphatic heterocycles. The number of hydrogen-bond acceptors (Lipinski definition) is 2. The highest BCUT2D eigenvalue weighted by molar-refractivity contribution is 6.74. The second-order valence-corrected chi connectivity index (χ2v) is 12.6. The molecule has 0 aliphatic rings. The van der Waals surface area contributed by atoms with E-state index in [1.807, 2.05) is 18.2 Å². The molecule has 1 rings (SSSR count). The maximum atomic E-state index is 6.31. The molecule has 0 N–H and O–H groups in total. The zero-order valence-corrected chi connectivity index (χ0v) is 17.3. The molecule has 0 fully saturated rings. The first-order chi connectivity index (χ1) is 11.2. The minimum absolute atomic E-state index is 0.215. The summed E-state index contributed by atoms with van der Waals surface area (Å²) in [6, 6.07) is 10.3. The maximum absolute atomic E-state index is 6.31. The van der Waals surface area contributed by atoms with Gasteiger partial charge in [-0.2, -0.15) is 0 Å². The van der Waals surface area contributed by atoms with Crippen LogP contribution in [0.15, 0.2) is 30.3 Å². The molecule has 0 aromatic heterocycles. The smallest absolute Gasteiger partial charge is 0.192 e. The molecule has 1 aromatic carbocycles. The van der Waals surface area contributed by atoms with Crippen LogP contribution in [0.1, 0.15) is 52.5 Å². The largest absolute Gasteiger partial charge is 0.413 e. The lowest BCUT2D eigenvalue weighted by molar-refractivity contribution is 0.119. The third-order valence-corrected chi connectivity index (χ3v) is 9.12. The van der Waals surface area contributed by atoms with E-state index in [2.05, 4.69) is 64.8 Å². The van der Waals surface area contributed by atoms with E-state index >= 15 is 0 Å². The lowest BCUT2D eigenvalue weighted by Crippen LogP contribution is -2.43. The van der Waals surface area contributed by atoms with Crippen LogP contribution in [0.5, 0.6) is 0 Å². The van der Waals surface area contributed by atoms with Gasteiger partial charge in [-0.25, -0.2) is 0 Å². The molecule has 2 nitrogen and oxygen atoms in total. The predicted octanol–water partition coefficient (Wildman–Crippen LogP) is 5.79. The molecule has 0 spiro atoms. The average molecular weight is 347 g/mol. The van der Waals surface area contributed by atoms with Crippen molar-refractivity contribution in [3.05, 3.63) is 35.9 Å². The highest BCUT2D eigenvalue weighted by Crippen LogP contribution is 2.37. The SMILES string of the molecule is C[C@H](CC#CCCCOCc1ccccc1)O[Si](C)(C)C(C)(C)C. The van der Waals surface area contributed by atoms with E-state index in [1.54, 1.807) is 0 Å². The van der Waals surface area contributed by atoms with Crippen molar-refractivity contribution >= 4 is 8.32 Å². The van der Waals surface area contributed by atoms with Gasteiger partial charge < -0.3 is 9.16 Å². The second kappa shape index (κ2) is 10.0. The Morgan fingerprint density at radius 2 is 1.75 bits per heavy atom. The summed E-state index contributed by atoms with van der Waals surface area (Å²) in [5.74, 6) is 6.50. The molecule has 0 amide bonds. The lowest BCUT2D eigenvalue weighted by atomic mass is 10.2. The van der Waals surface area contributed by atoms with Gasteiger partial charge in [0.1, 0.15) is 0 Å². The summed E-state index contributed by atoms with van der Waals surface area (Å²) in [4.78, 5) is 0. The van der Waals surface area contributed by atoms with Gasteiger partial charge in [0.25, 0.3) is 0 Å². The predicted molar refractivity (Wildman–Crippen MR) is 105 cm³/mol. The molecule has 0 saturated carbocycles. The fraction of sp³-hybridized carbons (Fsp3) is 0.619. The Bertz CT molecular complexity index is 520. The van der Waals surface area contributed by atoms with Crippen molar-refractivity contribution in [1.82, 2.24) is 0 Å². The van der Waals surface area contributed by atoms with Crippen LogP contribution in [0.2, 0.25) is 18.1 Å². The average Bonchev–Trinajstić information content (AvgIpc) is 2.49. The minimum atomic E-state index is -1.67. The molecular weight excluding hydrogens is 312 g/mol. The Kier molecular flexibility index (Phi) is 8.76. The van der Waals surface area contributed by atoms with E-state index in [-0.39, 0.29) is 11.1 Å². The summed E-state index contributed by atoms with van der Waals surface area (Å²) < 4.78 is 12.0. The second-order valence-electron chi connectivity index (χ2n) is 7.89. The summed E-state index contributed by atoms with van der Waals surface area (Å²) in [6.07, 6.45) is 2.91. The molecule has 0 unspecified atom stereocenters. The molecule has 1 atom stereocenters. The van der Waals surface area contributed by atoms with Crippen molar-refractivity contribution in [1.29, 1.82) is 0 Å². The minimum Gasteiger partial charge on any atom is -0.413 e. The highest BCUT2D eigenvalue weighted by atomic mass is 28.4. The monoisotopic (exact) mass is 346 g/mol. The molecule has 0 radical (unpaired) electrons. The highest BCUT2D eigenvalue weighted by Gasteiger charge is 2.38. The summed E-state index contributed by atoms with van der Waals surface area (Å²) >= 11 is 0. The summed E-state index contributed by atoms with van der Waals surface area (Å²) in [6.45, 7) is 15.0. The Balaban J connectivity index is 2.14. The van der Waals surface area contributed by atoms with Crippen LogP contribution >= 0.6 is 0 Å². The van der Waals surface area contributed by atoms with E-state index < -0.39 is 8.32 Å². The van der Waals surface area contributed by atoms with Crippen molar-refractivity contribution in [2.45, 2.75) is 77.8 Å². The summed E-state index contributed by atoms with van der Waals surface area (Å²) in [7, 11) is -1.67. The van der Waals surface area contributed by atoms with Crippen LogP contribution in [-0.4, -0.2) is 21.0 Å². The summed E-state index contributed by atoms with van der Waals surface area (Å²) in [5.41, 5.74) is 1.22. The third kappa shape index (κ3) is 8.15. The zero-order chi connectivity index (χ0) is 18.1. The van der Waals surface area contributed by atoms with E-state index in [9.17, 15) is 0 Å². The standard InChI is InChI=1S/C21H34O2Si/c1-19(23-24(5,6)21(2,3)4)14-10-7-8-13-17-22-18-20-15-11-9-12-16-20/h9,11-12,15-16,19H,8,13-14,17-18H2,1-6H3/t19-/m1/s1. The molecule has 3 heteroatoms. The van der Waals surface area contributed by atoms with Gasteiger partial charge >= 0.3 is 0 Å². The molecule has 134 valence electrons. The van der Waals surface area contributed by atoms with Gasteiger partial charge in [-0.1, -0.05) is 51.1 Å². The Morgan fingerprint density at radius 3 is 2.38 bits per heavy atom. The van der Waals surface area contributed by atoms with Crippen LogP contribution in [0.25, 0.3) is 0 Å². The molecule has 0 bridgehead atoms. The molecule has 1 aromatic rings. The Hall–Kier alpha value is -1.08. The number of rotatable bonds is 8. The van der Waals surface area contributed by atoms with Crippen LogP contribution < -0.4 is 0 Å². The van der Waals surface area contributed by atoms with Gasteiger partial charge in [-0.05, 0) is 37.0 Å². The van der Waals surface area contributed by atoms with Crippen molar-refractivity contribution in [2.24, 2.45) is 0 Å². The normalized spacial score (nSPS) is 13.2. The number of unbranched alkanes of at least 4 members (excludes halogenated alkanes) is 1. The summed E-state index contributed by atoms with van der Waals surface area (Å²) in [5, 5.41) is 0.255. The van der Waals surface area contributed by atoms with Crippen LogP contribution in [0, 0.1) is 11.8 Å². The number of benzene rings is 1. The van der Waals surface area contributed by atoms with Gasteiger partial charge in [-0.15, -0.1) is 11.8 Å². The third-order valence-electron chi connectivity index (χ3n) is 4.52. The number of hydrogen-bond donors (Lipinski definition) is 0. The fourth-order valence-corrected chi connectivity index (χ4v) is 3.50. The van der Waals surface area contributed by atoms with Crippen molar-refractivity contribution in [2.75, 3.05) is 6.61 Å². The van der Waals surface area contributed by atoms with Gasteiger partial charge in [0, 0.05) is 19.4 Å². The van der Waals surface area contributed by atoms with E-state index in [0.717, 1.165) is 25.9 Å². The Labute approximate surface area is 150 Å². The van der Waals surface area contributed by atoms with Gasteiger partial charge in [0.05, 0.1) is 12.7 Å². The van der Waals surface area contributed by atoms with Gasteiger partial charge in [0.2, 0.25) is 0 Å². The van der Waals surface area contributed by atoms with Crippen molar-refractivity contribution in [3.63, 3.8) is 0 Å². The molecular formula is C21H34O2Si. The van der Waals surface area contributed by atoms with E-state index in [1.165, 1.54) is 5.56 Å². The van der Waals surface area contributed by atoms with E-state index in [4.69, 9.17) is 9.16 Å². The number of ether oxygens (including phenoxy) is 1. The molecule has 0 heterocycles. The van der Waals surface area contributed by atoms with Crippen LogP contribution in [0.3, 0.4) is 0 Å². The quantitative estimate of drug-likeness (QED) is 0.337. The van der Waals surface area contributed by atoms with E-state index in [0.29, 0.717) is 6.61 Å². The van der Waals surface area contributed by atoms with Crippen molar-refractivity contribution < 1.29 is 9.16 Å². The first kappa shape index (κ1) is 21.0. The molecule has 24 heavy (non-hydrogen) atoms. The fourth-order valence-electron chi connectivity index (χ4n) is 2.05. The first-order valence-corrected chi connectivity index (χ1v) is 11.9. The Morgan fingerprint density at radius 1 is 1.08 bits per heavy atom.